The van der Waals surface area contributed by atoms with Crippen molar-refractivity contribution >= 4 is 11.9 Å². The Morgan fingerprint density at radius 1 is 1.42 bits per heavy atom. The fraction of sp³-hybridized carbons (Fsp3) is 0.429. The van der Waals surface area contributed by atoms with Gasteiger partial charge in [-0.2, -0.15) is 0 Å². The van der Waals surface area contributed by atoms with Crippen LogP contribution < -0.4 is 5.32 Å². The third-order valence-corrected chi connectivity index (χ3v) is 2.91. The monoisotopic (exact) mass is 264 g/mol. The van der Waals surface area contributed by atoms with Crippen LogP contribution in [-0.4, -0.2) is 42.5 Å². The van der Waals surface area contributed by atoms with E-state index in [4.69, 9.17) is 5.11 Å². The summed E-state index contributed by atoms with van der Waals surface area (Å²) in [5.74, 6) is -1.02. The van der Waals surface area contributed by atoms with Crippen LogP contribution in [0.2, 0.25) is 0 Å². The van der Waals surface area contributed by atoms with Gasteiger partial charge in [-0.25, -0.2) is 4.79 Å². The molecule has 1 aromatic carbocycles. The Morgan fingerprint density at radius 2 is 2.11 bits per heavy atom. The number of nitrogens with zero attached hydrogens (tertiary/aromatic N) is 1. The van der Waals surface area contributed by atoms with E-state index in [1.54, 1.807) is 25.2 Å². The zero-order valence-electron chi connectivity index (χ0n) is 11.5. The number of nitrogens with one attached hydrogen (secondary N) is 1. The fourth-order valence-corrected chi connectivity index (χ4v) is 1.98. The molecular weight excluding hydrogens is 244 g/mol. The van der Waals surface area contributed by atoms with Crippen molar-refractivity contribution in [3.05, 3.63) is 35.4 Å². The van der Waals surface area contributed by atoms with Gasteiger partial charge in [-0.1, -0.05) is 19.1 Å². The summed E-state index contributed by atoms with van der Waals surface area (Å²) >= 11 is 0. The molecular formula is C14H20N2O3. The topological polar surface area (TPSA) is 69.6 Å². The quantitative estimate of drug-likeness (QED) is 0.810. The second-order valence-electron chi connectivity index (χ2n) is 4.72. The van der Waals surface area contributed by atoms with E-state index in [0.29, 0.717) is 13.1 Å². The standard InChI is InChI=1S/C14H20N2O3/c1-10(13(17)15-2)8-16(3)9-11-5-4-6-12(7-11)14(18)19/h4-7,10H,8-9H2,1-3H3,(H,15,17)(H,18,19). The summed E-state index contributed by atoms with van der Waals surface area (Å²) in [6.45, 7) is 3.10. The van der Waals surface area contributed by atoms with E-state index >= 15 is 0 Å². The van der Waals surface area contributed by atoms with Gasteiger partial charge in [-0.05, 0) is 24.7 Å². The molecule has 1 rings (SSSR count). The van der Waals surface area contributed by atoms with Crippen LogP contribution in [0.1, 0.15) is 22.8 Å². The Hall–Kier alpha value is -1.88. The molecule has 0 saturated carbocycles. The largest absolute Gasteiger partial charge is 0.478 e. The molecule has 0 aliphatic rings. The zero-order valence-corrected chi connectivity index (χ0v) is 11.5. The van der Waals surface area contributed by atoms with Gasteiger partial charge in [-0.15, -0.1) is 0 Å². The van der Waals surface area contributed by atoms with Crippen LogP contribution in [0.5, 0.6) is 0 Å². The molecule has 1 atom stereocenters. The Labute approximate surface area is 113 Å². The SMILES string of the molecule is CNC(=O)C(C)CN(C)Cc1cccc(C(=O)O)c1. The van der Waals surface area contributed by atoms with Crippen LogP contribution in [0.4, 0.5) is 0 Å². The Balaban J connectivity index is 2.61. The van der Waals surface area contributed by atoms with E-state index in [2.05, 4.69) is 5.32 Å². The minimum absolute atomic E-state index is 0.00568. The molecule has 0 saturated heterocycles. The van der Waals surface area contributed by atoms with Gasteiger partial charge in [0.15, 0.2) is 0 Å². The van der Waals surface area contributed by atoms with Gasteiger partial charge in [0.2, 0.25) is 5.91 Å². The molecule has 2 N–H and O–H groups in total. The fourth-order valence-electron chi connectivity index (χ4n) is 1.98. The Morgan fingerprint density at radius 3 is 2.68 bits per heavy atom. The lowest BCUT2D eigenvalue weighted by Gasteiger charge is -2.20. The van der Waals surface area contributed by atoms with Gasteiger partial charge in [0.25, 0.3) is 0 Å². The van der Waals surface area contributed by atoms with Crippen LogP contribution in [0.25, 0.3) is 0 Å². The van der Waals surface area contributed by atoms with E-state index in [1.165, 1.54) is 0 Å². The maximum Gasteiger partial charge on any atom is 0.335 e. The normalized spacial score (nSPS) is 12.2. The van der Waals surface area contributed by atoms with E-state index in [-0.39, 0.29) is 17.4 Å². The third-order valence-electron chi connectivity index (χ3n) is 2.91. The third kappa shape index (κ3) is 4.71. The second-order valence-corrected chi connectivity index (χ2v) is 4.72. The minimum atomic E-state index is -0.928. The number of carboxylic acid groups (broad SMARTS) is 1. The van der Waals surface area contributed by atoms with E-state index in [9.17, 15) is 9.59 Å². The first-order valence-electron chi connectivity index (χ1n) is 6.16. The summed E-state index contributed by atoms with van der Waals surface area (Å²) in [5, 5.41) is 11.5. The molecule has 1 amide bonds. The molecule has 0 fully saturated rings. The number of carboxylic acids is 1. The van der Waals surface area contributed by atoms with Crippen molar-refractivity contribution < 1.29 is 14.7 Å². The maximum absolute atomic E-state index is 11.4. The highest BCUT2D eigenvalue weighted by atomic mass is 16.4. The first kappa shape index (κ1) is 15.2. The van der Waals surface area contributed by atoms with Gasteiger partial charge < -0.3 is 15.3 Å². The number of amides is 1. The van der Waals surface area contributed by atoms with Crippen molar-refractivity contribution in [2.24, 2.45) is 5.92 Å². The number of rotatable bonds is 6. The van der Waals surface area contributed by atoms with Crippen LogP contribution in [0.3, 0.4) is 0 Å². The zero-order chi connectivity index (χ0) is 14.4. The molecule has 0 bridgehead atoms. The van der Waals surface area contributed by atoms with Crippen LogP contribution in [0, 0.1) is 5.92 Å². The van der Waals surface area contributed by atoms with Gasteiger partial charge in [-0.3, -0.25) is 4.79 Å². The summed E-state index contributed by atoms with van der Waals surface area (Å²) in [7, 11) is 3.53. The molecule has 0 aliphatic heterocycles. The lowest BCUT2D eigenvalue weighted by molar-refractivity contribution is -0.124. The van der Waals surface area contributed by atoms with Crippen molar-refractivity contribution in [1.29, 1.82) is 0 Å². The van der Waals surface area contributed by atoms with Crippen molar-refractivity contribution in [2.45, 2.75) is 13.5 Å². The van der Waals surface area contributed by atoms with Crippen LogP contribution in [-0.2, 0) is 11.3 Å². The lowest BCUT2D eigenvalue weighted by atomic mass is 10.1. The summed E-state index contributed by atoms with van der Waals surface area (Å²) < 4.78 is 0. The number of aromatic carboxylic acids is 1. The Bertz CT molecular complexity index is 460. The molecule has 0 aliphatic carbocycles. The van der Waals surface area contributed by atoms with Crippen LogP contribution in [0.15, 0.2) is 24.3 Å². The molecule has 0 heterocycles. The van der Waals surface area contributed by atoms with Crippen molar-refractivity contribution in [3.63, 3.8) is 0 Å². The first-order valence-corrected chi connectivity index (χ1v) is 6.16. The van der Waals surface area contributed by atoms with Crippen LogP contribution >= 0.6 is 0 Å². The van der Waals surface area contributed by atoms with E-state index in [0.717, 1.165) is 5.56 Å². The van der Waals surface area contributed by atoms with Crippen molar-refractivity contribution in [1.82, 2.24) is 10.2 Å². The number of hydrogen-bond acceptors (Lipinski definition) is 3. The van der Waals surface area contributed by atoms with E-state index in [1.807, 2.05) is 24.9 Å². The van der Waals surface area contributed by atoms with Gasteiger partial charge in [0.05, 0.1) is 5.56 Å². The molecule has 0 spiro atoms. The number of carbonyl (C=O) groups excluding carboxylic acids is 1. The predicted octanol–water partition coefficient (Wildman–Crippen LogP) is 1.20. The summed E-state index contributed by atoms with van der Waals surface area (Å²) in [5.41, 5.74) is 1.21. The van der Waals surface area contributed by atoms with Crippen molar-refractivity contribution in [2.75, 3.05) is 20.6 Å². The Kier molecular flexibility index (Phi) is 5.51. The molecule has 5 nitrogen and oxygen atoms in total. The maximum atomic E-state index is 11.4. The molecule has 1 unspecified atom stereocenters. The molecule has 104 valence electrons. The average Bonchev–Trinajstić information content (AvgIpc) is 2.37. The molecule has 1 aromatic rings. The summed E-state index contributed by atoms with van der Waals surface area (Å²) in [6.07, 6.45) is 0. The highest BCUT2D eigenvalue weighted by Crippen LogP contribution is 2.09. The highest BCUT2D eigenvalue weighted by molar-refractivity contribution is 5.87. The number of hydrogen-bond donors (Lipinski definition) is 2. The average molecular weight is 264 g/mol. The number of carbonyl (C=O) groups is 2. The summed E-state index contributed by atoms with van der Waals surface area (Å²) in [6, 6.07) is 6.84. The second kappa shape index (κ2) is 6.89. The smallest absolute Gasteiger partial charge is 0.335 e. The lowest BCUT2D eigenvalue weighted by Crippen LogP contribution is -2.34. The minimum Gasteiger partial charge on any atom is -0.478 e. The summed E-state index contributed by atoms with van der Waals surface area (Å²) in [4.78, 5) is 24.3. The van der Waals surface area contributed by atoms with Crippen molar-refractivity contribution in [3.8, 4) is 0 Å². The molecule has 5 heteroatoms. The number of benzene rings is 1. The molecule has 0 radical (unpaired) electrons. The van der Waals surface area contributed by atoms with E-state index < -0.39 is 5.97 Å². The van der Waals surface area contributed by atoms with Gasteiger partial charge >= 0.3 is 5.97 Å². The predicted molar refractivity (Wildman–Crippen MR) is 73.0 cm³/mol. The highest BCUT2D eigenvalue weighted by Gasteiger charge is 2.14. The van der Waals surface area contributed by atoms with Gasteiger partial charge in [0.1, 0.15) is 0 Å². The first-order chi connectivity index (χ1) is 8.93. The van der Waals surface area contributed by atoms with Gasteiger partial charge in [0, 0.05) is 26.1 Å². The molecule has 0 aromatic heterocycles. The molecule has 19 heavy (non-hydrogen) atoms.